The lowest BCUT2D eigenvalue weighted by Gasteiger charge is -2.22. The van der Waals surface area contributed by atoms with Crippen molar-refractivity contribution in [1.82, 2.24) is 15.0 Å². The second-order valence-corrected chi connectivity index (χ2v) is 11.1. The van der Waals surface area contributed by atoms with Crippen LogP contribution >= 0.6 is 0 Å². The van der Waals surface area contributed by atoms with Gasteiger partial charge in [-0.25, -0.2) is 9.97 Å². The molecule has 0 spiro atoms. The normalized spacial score (nSPS) is 13.1. The van der Waals surface area contributed by atoms with Crippen molar-refractivity contribution in [3.63, 3.8) is 0 Å². The van der Waals surface area contributed by atoms with E-state index in [0.717, 1.165) is 45.2 Å². The SMILES string of the molecule is Cc1ccnc(-c2ccc3c(c2)C(C)(C)c2cc(-c4cc(-c5ccccc5)nc(-c5ccccc5)n4)ccc2-3)c1. The number of rotatable bonds is 4. The van der Waals surface area contributed by atoms with Gasteiger partial charge in [-0.15, -0.1) is 0 Å². The largest absolute Gasteiger partial charge is 0.256 e. The minimum Gasteiger partial charge on any atom is -0.256 e. The average Bonchev–Trinajstić information content (AvgIpc) is 3.23. The Morgan fingerprint density at radius 1 is 0.500 bits per heavy atom. The van der Waals surface area contributed by atoms with E-state index in [2.05, 4.69) is 111 Å². The van der Waals surface area contributed by atoms with Crippen molar-refractivity contribution in [2.24, 2.45) is 0 Å². The van der Waals surface area contributed by atoms with Crippen LogP contribution < -0.4 is 0 Å². The van der Waals surface area contributed by atoms with Gasteiger partial charge in [0.25, 0.3) is 0 Å². The van der Waals surface area contributed by atoms with E-state index in [4.69, 9.17) is 9.97 Å². The van der Waals surface area contributed by atoms with E-state index < -0.39 is 0 Å². The number of benzene rings is 4. The molecule has 2 aromatic heterocycles. The molecule has 6 aromatic rings. The Balaban J connectivity index is 1.35. The fraction of sp³-hybridized carbons (Fsp3) is 0.108. The van der Waals surface area contributed by atoms with Gasteiger partial charge in [-0.3, -0.25) is 4.98 Å². The van der Waals surface area contributed by atoms with E-state index >= 15 is 0 Å². The van der Waals surface area contributed by atoms with E-state index in [1.54, 1.807) is 0 Å². The number of nitrogens with zero attached hydrogens (tertiary/aromatic N) is 3. The zero-order valence-electron chi connectivity index (χ0n) is 22.9. The van der Waals surface area contributed by atoms with Crippen molar-refractivity contribution in [3.8, 4) is 56.3 Å². The predicted molar refractivity (Wildman–Crippen MR) is 164 cm³/mol. The molecule has 2 heterocycles. The molecule has 0 atom stereocenters. The Labute approximate surface area is 235 Å². The van der Waals surface area contributed by atoms with Gasteiger partial charge >= 0.3 is 0 Å². The van der Waals surface area contributed by atoms with Gasteiger partial charge in [-0.1, -0.05) is 98.8 Å². The van der Waals surface area contributed by atoms with Crippen LogP contribution in [0, 0.1) is 6.92 Å². The van der Waals surface area contributed by atoms with Crippen molar-refractivity contribution < 1.29 is 0 Å². The van der Waals surface area contributed by atoms with Crippen molar-refractivity contribution >= 4 is 0 Å². The Morgan fingerprint density at radius 2 is 1.05 bits per heavy atom. The van der Waals surface area contributed by atoms with Crippen LogP contribution in [0.1, 0.15) is 30.5 Å². The first-order valence-electron chi connectivity index (χ1n) is 13.7. The molecule has 4 aromatic carbocycles. The summed E-state index contributed by atoms with van der Waals surface area (Å²) in [7, 11) is 0. The third-order valence-corrected chi connectivity index (χ3v) is 8.01. The van der Waals surface area contributed by atoms with Crippen LogP contribution in [-0.2, 0) is 5.41 Å². The monoisotopic (exact) mass is 515 g/mol. The number of hydrogen-bond donors (Lipinski definition) is 0. The second-order valence-electron chi connectivity index (χ2n) is 11.1. The number of hydrogen-bond acceptors (Lipinski definition) is 3. The number of aromatic nitrogens is 3. The lowest BCUT2D eigenvalue weighted by atomic mass is 9.81. The maximum Gasteiger partial charge on any atom is 0.160 e. The van der Waals surface area contributed by atoms with Crippen LogP contribution in [0.15, 0.2) is 121 Å². The molecule has 3 nitrogen and oxygen atoms in total. The number of aryl methyl sites for hydroxylation is 1. The summed E-state index contributed by atoms with van der Waals surface area (Å²) in [6, 6.07) is 40.4. The van der Waals surface area contributed by atoms with Gasteiger partial charge in [-0.2, -0.15) is 0 Å². The molecule has 0 saturated carbocycles. The molecule has 1 aliphatic rings. The Hall–Kier alpha value is -4.89. The summed E-state index contributed by atoms with van der Waals surface area (Å²) in [6.45, 7) is 6.75. The highest BCUT2D eigenvalue weighted by atomic mass is 14.9. The number of pyridine rings is 1. The standard InChI is InChI=1S/C37H29N3/c1-24-18-19-38-33(20-24)27-14-16-29-30-17-15-28(22-32(30)37(2,3)31(29)21-27)35-23-34(25-10-6-4-7-11-25)39-36(40-35)26-12-8-5-9-13-26/h4-23H,1-3H3. The summed E-state index contributed by atoms with van der Waals surface area (Å²) >= 11 is 0. The molecule has 0 unspecified atom stereocenters. The predicted octanol–water partition coefficient (Wildman–Crippen LogP) is 9.15. The highest BCUT2D eigenvalue weighted by molar-refractivity contribution is 5.85. The molecular formula is C37H29N3. The van der Waals surface area contributed by atoms with Crippen LogP contribution in [0.25, 0.3) is 56.3 Å². The lowest BCUT2D eigenvalue weighted by Crippen LogP contribution is -2.15. The van der Waals surface area contributed by atoms with Gasteiger partial charge in [-0.05, 0) is 65.1 Å². The van der Waals surface area contributed by atoms with Crippen molar-refractivity contribution in [2.45, 2.75) is 26.2 Å². The first-order chi connectivity index (χ1) is 19.5. The Bertz CT molecular complexity index is 1810. The summed E-state index contributed by atoms with van der Waals surface area (Å²) in [5, 5.41) is 0. The first-order valence-corrected chi connectivity index (χ1v) is 13.7. The van der Waals surface area contributed by atoms with Gasteiger partial charge in [0.15, 0.2) is 5.82 Å². The van der Waals surface area contributed by atoms with Gasteiger partial charge in [0.1, 0.15) is 0 Å². The molecule has 40 heavy (non-hydrogen) atoms. The average molecular weight is 516 g/mol. The van der Waals surface area contributed by atoms with E-state index in [1.807, 2.05) is 36.5 Å². The van der Waals surface area contributed by atoms with Crippen LogP contribution in [0.4, 0.5) is 0 Å². The van der Waals surface area contributed by atoms with Crippen LogP contribution in [0.5, 0.6) is 0 Å². The Morgan fingerprint density at radius 3 is 1.65 bits per heavy atom. The Kier molecular flexibility index (Phi) is 5.67. The molecule has 7 rings (SSSR count). The first kappa shape index (κ1) is 24.2. The maximum absolute atomic E-state index is 5.06. The minimum absolute atomic E-state index is 0.155. The van der Waals surface area contributed by atoms with Crippen molar-refractivity contribution in [1.29, 1.82) is 0 Å². The van der Waals surface area contributed by atoms with Crippen LogP contribution in [0.2, 0.25) is 0 Å². The third kappa shape index (κ3) is 4.11. The van der Waals surface area contributed by atoms with E-state index in [0.29, 0.717) is 0 Å². The maximum atomic E-state index is 5.06. The van der Waals surface area contributed by atoms with E-state index in [1.165, 1.54) is 27.8 Å². The summed E-state index contributed by atoms with van der Waals surface area (Å²) in [4.78, 5) is 14.7. The molecule has 0 N–H and O–H groups in total. The third-order valence-electron chi connectivity index (χ3n) is 8.01. The lowest BCUT2D eigenvalue weighted by molar-refractivity contribution is 0.661. The molecule has 192 valence electrons. The molecule has 0 radical (unpaired) electrons. The quantitative estimate of drug-likeness (QED) is 0.235. The topological polar surface area (TPSA) is 38.7 Å². The second kappa shape index (κ2) is 9.39. The minimum atomic E-state index is -0.155. The molecule has 0 fully saturated rings. The summed E-state index contributed by atoms with van der Waals surface area (Å²) < 4.78 is 0. The van der Waals surface area contributed by atoms with Crippen LogP contribution in [0.3, 0.4) is 0 Å². The molecule has 1 aliphatic carbocycles. The molecule has 0 saturated heterocycles. The zero-order chi connectivity index (χ0) is 27.3. The molecule has 0 aliphatic heterocycles. The zero-order valence-corrected chi connectivity index (χ0v) is 22.9. The van der Waals surface area contributed by atoms with Gasteiger partial charge in [0, 0.05) is 33.9 Å². The van der Waals surface area contributed by atoms with Crippen molar-refractivity contribution in [2.75, 3.05) is 0 Å². The molecule has 3 heteroatoms. The van der Waals surface area contributed by atoms with Crippen molar-refractivity contribution in [3.05, 3.63) is 138 Å². The highest BCUT2D eigenvalue weighted by Gasteiger charge is 2.36. The summed E-state index contributed by atoms with van der Waals surface area (Å²) in [5.74, 6) is 0.732. The smallest absolute Gasteiger partial charge is 0.160 e. The fourth-order valence-corrected chi connectivity index (χ4v) is 5.82. The van der Waals surface area contributed by atoms with Gasteiger partial charge < -0.3 is 0 Å². The van der Waals surface area contributed by atoms with E-state index in [9.17, 15) is 0 Å². The summed E-state index contributed by atoms with van der Waals surface area (Å²) in [6.07, 6.45) is 1.89. The molecular weight excluding hydrogens is 486 g/mol. The van der Waals surface area contributed by atoms with Crippen LogP contribution in [-0.4, -0.2) is 15.0 Å². The van der Waals surface area contributed by atoms with Gasteiger partial charge in [0.05, 0.1) is 17.1 Å². The highest BCUT2D eigenvalue weighted by Crippen LogP contribution is 2.50. The molecule has 0 bridgehead atoms. The van der Waals surface area contributed by atoms with Gasteiger partial charge in [0.2, 0.25) is 0 Å². The molecule has 0 amide bonds. The number of fused-ring (bicyclic) bond motifs is 3. The summed E-state index contributed by atoms with van der Waals surface area (Å²) in [5.41, 5.74) is 13.5. The fourth-order valence-electron chi connectivity index (χ4n) is 5.82. The van der Waals surface area contributed by atoms with E-state index in [-0.39, 0.29) is 5.41 Å².